The molecule has 1 unspecified atom stereocenters. The fourth-order valence-corrected chi connectivity index (χ4v) is 2.98. The number of nitrogens with zero attached hydrogens (tertiary/aromatic N) is 1. The lowest BCUT2D eigenvalue weighted by atomic mass is 10.0. The van der Waals surface area contributed by atoms with Crippen LogP contribution in [0.3, 0.4) is 0 Å². The molecule has 0 amide bonds. The van der Waals surface area contributed by atoms with E-state index < -0.39 is 0 Å². The van der Waals surface area contributed by atoms with Crippen LogP contribution in [0.4, 0.5) is 4.39 Å². The van der Waals surface area contributed by atoms with Gasteiger partial charge < -0.3 is 10.4 Å². The second kappa shape index (κ2) is 8.22. The Morgan fingerprint density at radius 2 is 2.10 bits per heavy atom. The van der Waals surface area contributed by atoms with Crippen LogP contribution in [0.5, 0.6) is 0 Å². The van der Waals surface area contributed by atoms with Crippen molar-refractivity contribution < 1.29 is 9.50 Å². The van der Waals surface area contributed by atoms with E-state index in [1.807, 2.05) is 5.38 Å². The van der Waals surface area contributed by atoms with E-state index in [1.165, 1.54) is 12.1 Å². The topological polar surface area (TPSA) is 45.1 Å². The number of aliphatic hydroxyl groups is 1. The molecule has 0 saturated heterocycles. The van der Waals surface area contributed by atoms with Crippen LogP contribution in [-0.2, 0) is 6.54 Å². The van der Waals surface area contributed by atoms with Gasteiger partial charge in [-0.25, -0.2) is 9.37 Å². The van der Waals surface area contributed by atoms with Gasteiger partial charge in [0.15, 0.2) is 0 Å². The summed E-state index contributed by atoms with van der Waals surface area (Å²) in [5, 5.41) is 15.3. The number of halogens is 1. The molecule has 2 N–H and O–H groups in total. The fourth-order valence-electron chi connectivity index (χ4n) is 2.15. The van der Waals surface area contributed by atoms with Crippen LogP contribution in [0.2, 0.25) is 0 Å². The third-order valence-corrected chi connectivity index (χ3v) is 4.44. The Morgan fingerprint density at radius 3 is 2.76 bits per heavy atom. The molecule has 0 aliphatic carbocycles. The molecule has 5 heteroatoms. The van der Waals surface area contributed by atoms with E-state index >= 15 is 0 Å². The Balaban J connectivity index is 1.87. The second-order valence-electron chi connectivity index (χ2n) is 5.07. The second-order valence-corrected chi connectivity index (χ2v) is 5.93. The maximum atomic E-state index is 12.9. The quantitative estimate of drug-likeness (QED) is 0.785. The molecule has 0 bridgehead atoms. The third kappa shape index (κ3) is 4.88. The first-order chi connectivity index (χ1) is 10.2. The molecule has 0 fully saturated rings. The number of aliphatic hydroxyl groups excluding tert-OH is 1. The van der Waals surface area contributed by atoms with Crippen molar-refractivity contribution in [1.29, 1.82) is 0 Å². The van der Waals surface area contributed by atoms with Crippen molar-refractivity contribution in [1.82, 2.24) is 10.3 Å². The maximum absolute atomic E-state index is 12.9. The van der Waals surface area contributed by atoms with E-state index in [0.29, 0.717) is 5.92 Å². The van der Waals surface area contributed by atoms with E-state index in [9.17, 15) is 4.39 Å². The highest BCUT2D eigenvalue weighted by Crippen LogP contribution is 2.23. The van der Waals surface area contributed by atoms with Gasteiger partial charge in [-0.15, -0.1) is 11.3 Å². The normalized spacial score (nSPS) is 12.5. The Hall–Kier alpha value is -1.30. The summed E-state index contributed by atoms with van der Waals surface area (Å²) in [6.45, 7) is 3.99. The summed E-state index contributed by atoms with van der Waals surface area (Å²) in [7, 11) is 0. The molecule has 0 aliphatic rings. The van der Waals surface area contributed by atoms with Gasteiger partial charge in [0.25, 0.3) is 0 Å². The van der Waals surface area contributed by atoms with Gasteiger partial charge >= 0.3 is 0 Å². The van der Waals surface area contributed by atoms with E-state index in [0.717, 1.165) is 42.2 Å². The van der Waals surface area contributed by atoms with Gasteiger partial charge in [0, 0.05) is 24.1 Å². The number of rotatable bonds is 8. The van der Waals surface area contributed by atoms with Gasteiger partial charge in [0.2, 0.25) is 0 Å². The van der Waals surface area contributed by atoms with Crippen molar-refractivity contribution in [3.8, 4) is 10.6 Å². The Kier molecular flexibility index (Phi) is 6.29. The van der Waals surface area contributed by atoms with Crippen LogP contribution in [-0.4, -0.2) is 23.2 Å². The van der Waals surface area contributed by atoms with Gasteiger partial charge in [0.1, 0.15) is 10.8 Å². The third-order valence-electron chi connectivity index (χ3n) is 3.50. The van der Waals surface area contributed by atoms with Crippen LogP contribution in [0.1, 0.15) is 25.5 Å². The summed E-state index contributed by atoms with van der Waals surface area (Å²) in [6, 6.07) is 6.41. The number of thiazole rings is 1. The average molecular weight is 308 g/mol. The van der Waals surface area contributed by atoms with Crippen LogP contribution in [0.25, 0.3) is 10.6 Å². The lowest BCUT2D eigenvalue weighted by Gasteiger charge is -2.13. The predicted octanol–water partition coefficient (Wildman–Crippen LogP) is 3.45. The Morgan fingerprint density at radius 1 is 1.33 bits per heavy atom. The zero-order valence-electron chi connectivity index (χ0n) is 12.2. The van der Waals surface area contributed by atoms with Crippen molar-refractivity contribution >= 4 is 11.3 Å². The first-order valence-electron chi connectivity index (χ1n) is 7.24. The van der Waals surface area contributed by atoms with Gasteiger partial charge in [0.05, 0.1) is 5.69 Å². The molecule has 3 nitrogen and oxygen atoms in total. The molecule has 0 aliphatic heterocycles. The first-order valence-corrected chi connectivity index (χ1v) is 8.12. The fraction of sp³-hybridized carbons (Fsp3) is 0.438. The maximum Gasteiger partial charge on any atom is 0.123 e. The van der Waals surface area contributed by atoms with Crippen LogP contribution in [0, 0.1) is 11.7 Å². The molecule has 0 spiro atoms. The molecule has 1 heterocycles. The SMILES string of the molecule is CCC(CCO)CNCc1csc(-c2ccc(F)cc2)n1. The van der Waals surface area contributed by atoms with Crippen molar-refractivity contribution in [2.75, 3.05) is 13.2 Å². The number of nitrogens with one attached hydrogen (secondary N) is 1. The highest BCUT2D eigenvalue weighted by atomic mass is 32.1. The largest absolute Gasteiger partial charge is 0.396 e. The van der Waals surface area contributed by atoms with Crippen molar-refractivity contribution in [2.45, 2.75) is 26.3 Å². The van der Waals surface area contributed by atoms with E-state index in [4.69, 9.17) is 5.11 Å². The molecule has 2 rings (SSSR count). The van der Waals surface area contributed by atoms with E-state index in [-0.39, 0.29) is 12.4 Å². The van der Waals surface area contributed by atoms with Crippen molar-refractivity contribution in [2.24, 2.45) is 5.92 Å². The van der Waals surface area contributed by atoms with Crippen molar-refractivity contribution in [3.63, 3.8) is 0 Å². The molecule has 1 aromatic heterocycles. The summed E-state index contributed by atoms with van der Waals surface area (Å²) in [5.41, 5.74) is 1.94. The standard InChI is InChI=1S/C16H21FN2OS/c1-2-12(7-8-20)9-18-10-15-11-21-16(19-15)13-3-5-14(17)6-4-13/h3-6,11-12,18,20H,2,7-10H2,1H3. The molecule has 0 radical (unpaired) electrons. The Bertz CT molecular complexity index is 541. The lowest BCUT2D eigenvalue weighted by molar-refractivity contribution is 0.251. The summed E-state index contributed by atoms with van der Waals surface area (Å²) in [5.74, 6) is 0.275. The summed E-state index contributed by atoms with van der Waals surface area (Å²) in [4.78, 5) is 4.56. The Labute approximate surface area is 128 Å². The molecule has 0 saturated carbocycles. The van der Waals surface area contributed by atoms with Crippen LogP contribution < -0.4 is 5.32 Å². The number of hydrogen-bond donors (Lipinski definition) is 2. The molecule has 114 valence electrons. The van der Waals surface area contributed by atoms with Gasteiger partial charge in [-0.2, -0.15) is 0 Å². The van der Waals surface area contributed by atoms with Crippen LogP contribution in [0.15, 0.2) is 29.6 Å². The molecular formula is C16H21FN2OS. The van der Waals surface area contributed by atoms with Gasteiger partial charge in [-0.05, 0) is 43.1 Å². The van der Waals surface area contributed by atoms with E-state index in [2.05, 4.69) is 17.2 Å². The summed E-state index contributed by atoms with van der Waals surface area (Å²) in [6.07, 6.45) is 1.90. The summed E-state index contributed by atoms with van der Waals surface area (Å²) < 4.78 is 12.9. The molecule has 1 aromatic carbocycles. The highest BCUT2D eigenvalue weighted by molar-refractivity contribution is 7.13. The minimum absolute atomic E-state index is 0.230. The van der Waals surface area contributed by atoms with E-state index in [1.54, 1.807) is 23.5 Å². The number of hydrogen-bond acceptors (Lipinski definition) is 4. The average Bonchev–Trinajstić information content (AvgIpc) is 2.96. The molecule has 21 heavy (non-hydrogen) atoms. The van der Waals surface area contributed by atoms with Gasteiger partial charge in [-0.3, -0.25) is 0 Å². The minimum Gasteiger partial charge on any atom is -0.396 e. The lowest BCUT2D eigenvalue weighted by Crippen LogP contribution is -2.23. The van der Waals surface area contributed by atoms with Gasteiger partial charge in [-0.1, -0.05) is 13.3 Å². The van der Waals surface area contributed by atoms with Crippen molar-refractivity contribution in [3.05, 3.63) is 41.2 Å². The number of benzene rings is 1. The first kappa shape index (κ1) is 16.1. The highest BCUT2D eigenvalue weighted by Gasteiger charge is 2.07. The number of aromatic nitrogens is 1. The zero-order chi connectivity index (χ0) is 15.1. The zero-order valence-corrected chi connectivity index (χ0v) is 13.0. The minimum atomic E-state index is -0.230. The molecular weight excluding hydrogens is 287 g/mol. The monoisotopic (exact) mass is 308 g/mol. The molecule has 2 aromatic rings. The predicted molar refractivity (Wildman–Crippen MR) is 84.7 cm³/mol. The molecule has 1 atom stereocenters. The summed E-state index contributed by atoms with van der Waals surface area (Å²) >= 11 is 1.57. The smallest absolute Gasteiger partial charge is 0.123 e. The van der Waals surface area contributed by atoms with Crippen LogP contribution >= 0.6 is 11.3 Å².